The van der Waals surface area contributed by atoms with Crippen LogP contribution in [0.1, 0.15) is 18.4 Å². The van der Waals surface area contributed by atoms with Crippen molar-refractivity contribution in [1.82, 2.24) is 4.90 Å². The van der Waals surface area contributed by atoms with E-state index in [2.05, 4.69) is 12.1 Å². The number of urea groups is 1. The van der Waals surface area contributed by atoms with Gasteiger partial charge in [-0.25, -0.2) is 4.79 Å². The van der Waals surface area contributed by atoms with Gasteiger partial charge in [-0.15, -0.1) is 0 Å². The smallest absolute Gasteiger partial charge is 0.314 e. The summed E-state index contributed by atoms with van der Waals surface area (Å²) in [6.07, 6.45) is 3.14. The maximum Gasteiger partial charge on any atom is 0.314 e. The summed E-state index contributed by atoms with van der Waals surface area (Å²) in [7, 11) is 1.68. The van der Waals surface area contributed by atoms with Gasteiger partial charge in [0.15, 0.2) is 0 Å². The zero-order valence-electron chi connectivity index (χ0n) is 10.8. The second-order valence-corrected chi connectivity index (χ2v) is 4.82. The predicted molar refractivity (Wildman–Crippen MR) is 70.6 cm³/mol. The molecule has 4 heteroatoms. The van der Waals surface area contributed by atoms with Crippen molar-refractivity contribution in [3.05, 3.63) is 29.8 Å². The van der Waals surface area contributed by atoms with Crippen LogP contribution in [0.15, 0.2) is 24.3 Å². The fraction of sp³-hybridized carbons (Fsp3) is 0.500. The number of amides is 2. The molecule has 98 valence electrons. The summed E-state index contributed by atoms with van der Waals surface area (Å²) in [6, 6.07) is 7.92. The van der Waals surface area contributed by atoms with Crippen molar-refractivity contribution in [3.8, 4) is 5.75 Å². The Kier molecular flexibility index (Phi) is 4.07. The molecule has 2 amide bonds. The summed E-state index contributed by atoms with van der Waals surface area (Å²) in [5, 5.41) is 0. The largest absolute Gasteiger partial charge is 0.497 e. The standard InChI is InChI=1S/C14H20N2O2/c1-18-13-4-2-11(3-5-13)10-12-6-8-16(9-7-12)14(15)17/h2-5,12H,6-10H2,1H3,(H2,15,17). The summed E-state index contributed by atoms with van der Waals surface area (Å²) in [6.45, 7) is 1.58. The van der Waals surface area contributed by atoms with Gasteiger partial charge in [0.2, 0.25) is 0 Å². The van der Waals surface area contributed by atoms with Gasteiger partial charge in [-0.3, -0.25) is 0 Å². The van der Waals surface area contributed by atoms with Gasteiger partial charge in [0.25, 0.3) is 0 Å². The van der Waals surface area contributed by atoms with Crippen LogP contribution in [0.2, 0.25) is 0 Å². The summed E-state index contributed by atoms with van der Waals surface area (Å²) in [5.74, 6) is 1.54. The Balaban J connectivity index is 1.85. The first-order valence-electron chi connectivity index (χ1n) is 6.36. The molecule has 1 aromatic rings. The van der Waals surface area contributed by atoms with E-state index in [9.17, 15) is 4.79 Å². The highest BCUT2D eigenvalue weighted by Gasteiger charge is 2.21. The van der Waals surface area contributed by atoms with Crippen molar-refractivity contribution in [2.24, 2.45) is 11.7 Å². The highest BCUT2D eigenvalue weighted by molar-refractivity contribution is 5.72. The van der Waals surface area contributed by atoms with Crippen LogP contribution in [0.5, 0.6) is 5.75 Å². The molecule has 2 rings (SSSR count). The molecular weight excluding hydrogens is 228 g/mol. The van der Waals surface area contributed by atoms with Gasteiger partial charge < -0.3 is 15.4 Å². The van der Waals surface area contributed by atoms with Crippen molar-refractivity contribution < 1.29 is 9.53 Å². The van der Waals surface area contributed by atoms with Crippen molar-refractivity contribution in [1.29, 1.82) is 0 Å². The molecule has 0 aliphatic carbocycles. The normalized spacial score (nSPS) is 16.6. The van der Waals surface area contributed by atoms with Gasteiger partial charge in [-0.1, -0.05) is 12.1 Å². The fourth-order valence-electron chi connectivity index (χ4n) is 2.45. The number of hydrogen-bond donors (Lipinski definition) is 1. The topological polar surface area (TPSA) is 55.6 Å². The van der Waals surface area contributed by atoms with Crippen molar-refractivity contribution in [2.45, 2.75) is 19.3 Å². The van der Waals surface area contributed by atoms with Crippen LogP contribution in [-0.4, -0.2) is 31.1 Å². The van der Waals surface area contributed by atoms with Crippen molar-refractivity contribution in [3.63, 3.8) is 0 Å². The maximum absolute atomic E-state index is 11.0. The number of benzene rings is 1. The van der Waals surface area contributed by atoms with Crippen molar-refractivity contribution >= 4 is 6.03 Å². The minimum Gasteiger partial charge on any atom is -0.497 e. The highest BCUT2D eigenvalue weighted by atomic mass is 16.5. The number of nitrogens with zero attached hydrogens (tertiary/aromatic N) is 1. The molecular formula is C14H20N2O2. The molecule has 0 radical (unpaired) electrons. The number of methoxy groups -OCH3 is 1. The lowest BCUT2D eigenvalue weighted by atomic mass is 9.90. The third-order valence-corrected chi connectivity index (χ3v) is 3.61. The first-order valence-corrected chi connectivity index (χ1v) is 6.36. The summed E-state index contributed by atoms with van der Waals surface area (Å²) in [5.41, 5.74) is 6.60. The number of piperidine rings is 1. The second-order valence-electron chi connectivity index (χ2n) is 4.82. The molecule has 1 heterocycles. The van der Waals surface area contributed by atoms with Gasteiger partial charge in [0.1, 0.15) is 5.75 Å². The maximum atomic E-state index is 11.0. The number of ether oxygens (including phenoxy) is 1. The van der Waals surface area contributed by atoms with Crippen LogP contribution in [0.4, 0.5) is 4.79 Å². The number of hydrogen-bond acceptors (Lipinski definition) is 2. The average Bonchev–Trinajstić information content (AvgIpc) is 2.40. The Labute approximate surface area is 108 Å². The molecule has 1 fully saturated rings. The molecule has 0 aromatic heterocycles. The Morgan fingerprint density at radius 2 is 1.94 bits per heavy atom. The molecule has 1 aromatic carbocycles. The van der Waals surface area contributed by atoms with Crippen LogP contribution in [0.3, 0.4) is 0 Å². The van der Waals surface area contributed by atoms with E-state index < -0.39 is 0 Å². The number of carbonyl (C=O) groups is 1. The second kappa shape index (κ2) is 5.76. The van der Waals surface area contributed by atoms with E-state index in [0.29, 0.717) is 5.92 Å². The SMILES string of the molecule is COc1ccc(CC2CCN(C(N)=O)CC2)cc1. The van der Waals surface area contributed by atoms with Crippen LogP contribution < -0.4 is 10.5 Å². The third kappa shape index (κ3) is 3.15. The lowest BCUT2D eigenvalue weighted by Crippen LogP contribution is -2.41. The zero-order valence-corrected chi connectivity index (χ0v) is 10.8. The first-order chi connectivity index (χ1) is 8.69. The molecule has 0 saturated carbocycles. The van der Waals surface area contributed by atoms with E-state index >= 15 is 0 Å². The van der Waals surface area contributed by atoms with E-state index in [1.165, 1.54) is 5.56 Å². The van der Waals surface area contributed by atoms with Crippen LogP contribution in [0, 0.1) is 5.92 Å². The number of rotatable bonds is 3. The first kappa shape index (κ1) is 12.7. The number of nitrogens with two attached hydrogens (primary N) is 1. The van der Waals surface area contributed by atoms with Crippen molar-refractivity contribution in [2.75, 3.05) is 20.2 Å². The van der Waals surface area contributed by atoms with Crippen LogP contribution >= 0.6 is 0 Å². The Hall–Kier alpha value is -1.71. The van der Waals surface area contributed by atoms with E-state index in [4.69, 9.17) is 10.5 Å². The van der Waals surface area contributed by atoms with E-state index in [1.54, 1.807) is 12.0 Å². The Morgan fingerprint density at radius 3 is 2.44 bits per heavy atom. The monoisotopic (exact) mass is 248 g/mol. The number of primary amides is 1. The Morgan fingerprint density at radius 1 is 1.33 bits per heavy atom. The molecule has 1 saturated heterocycles. The molecule has 2 N–H and O–H groups in total. The highest BCUT2D eigenvalue weighted by Crippen LogP contribution is 2.22. The molecule has 1 aliphatic heterocycles. The lowest BCUT2D eigenvalue weighted by molar-refractivity contribution is 0.179. The van der Waals surface area contributed by atoms with E-state index in [0.717, 1.165) is 38.1 Å². The number of likely N-dealkylation sites (tertiary alicyclic amines) is 1. The molecule has 1 aliphatic rings. The molecule has 0 atom stereocenters. The van der Waals surface area contributed by atoms with Gasteiger partial charge in [0.05, 0.1) is 7.11 Å². The summed E-state index contributed by atoms with van der Waals surface area (Å²) >= 11 is 0. The minimum atomic E-state index is -0.294. The molecule has 0 spiro atoms. The molecule has 0 unspecified atom stereocenters. The molecule has 18 heavy (non-hydrogen) atoms. The van der Waals surface area contributed by atoms with Gasteiger partial charge in [-0.2, -0.15) is 0 Å². The van der Waals surface area contributed by atoms with Crippen LogP contribution in [0.25, 0.3) is 0 Å². The number of carbonyl (C=O) groups excluding carboxylic acids is 1. The molecule has 4 nitrogen and oxygen atoms in total. The van der Waals surface area contributed by atoms with Gasteiger partial charge in [-0.05, 0) is 42.9 Å². The van der Waals surface area contributed by atoms with E-state index in [1.807, 2.05) is 12.1 Å². The van der Waals surface area contributed by atoms with Gasteiger partial charge in [0, 0.05) is 13.1 Å². The average molecular weight is 248 g/mol. The minimum absolute atomic E-state index is 0.294. The zero-order chi connectivity index (χ0) is 13.0. The summed E-state index contributed by atoms with van der Waals surface area (Å²) < 4.78 is 5.14. The van der Waals surface area contributed by atoms with Gasteiger partial charge >= 0.3 is 6.03 Å². The third-order valence-electron chi connectivity index (χ3n) is 3.61. The molecule has 0 bridgehead atoms. The fourth-order valence-corrected chi connectivity index (χ4v) is 2.45. The van der Waals surface area contributed by atoms with Crippen LogP contribution in [-0.2, 0) is 6.42 Å². The predicted octanol–water partition coefficient (Wildman–Crippen LogP) is 2.03. The Bertz CT molecular complexity index is 395. The van der Waals surface area contributed by atoms with E-state index in [-0.39, 0.29) is 6.03 Å². The lowest BCUT2D eigenvalue weighted by Gasteiger charge is -2.30. The quantitative estimate of drug-likeness (QED) is 0.889. The summed E-state index contributed by atoms with van der Waals surface area (Å²) in [4.78, 5) is 12.8.